The molecule has 0 spiro atoms. The van der Waals surface area contributed by atoms with Gasteiger partial charge in [-0.15, -0.1) is 0 Å². The van der Waals surface area contributed by atoms with E-state index in [1.165, 1.54) is 0 Å². The van der Waals surface area contributed by atoms with Gasteiger partial charge >= 0.3 is 0 Å². The van der Waals surface area contributed by atoms with E-state index in [1.807, 2.05) is 15.6 Å². The zero-order chi connectivity index (χ0) is 16.2. The quantitative estimate of drug-likeness (QED) is 0.867. The SMILES string of the molecule is CCn1nccc1-c1cc(C[C@@H]2CCCN(C(C)=O)C2)ncn1. The minimum Gasteiger partial charge on any atom is -0.343 e. The number of likely N-dealkylation sites (tertiary alicyclic amines) is 1. The van der Waals surface area contributed by atoms with Crippen LogP contribution in [0.15, 0.2) is 24.7 Å². The van der Waals surface area contributed by atoms with Gasteiger partial charge in [-0.25, -0.2) is 9.97 Å². The molecule has 122 valence electrons. The lowest BCUT2D eigenvalue weighted by molar-refractivity contribution is -0.130. The van der Waals surface area contributed by atoms with Crippen molar-refractivity contribution in [2.75, 3.05) is 13.1 Å². The Balaban J connectivity index is 1.74. The fourth-order valence-electron chi connectivity index (χ4n) is 3.26. The van der Waals surface area contributed by atoms with Crippen molar-refractivity contribution in [3.8, 4) is 11.4 Å². The Bertz CT molecular complexity index is 681. The van der Waals surface area contributed by atoms with Crippen molar-refractivity contribution < 1.29 is 4.79 Å². The molecule has 1 aliphatic rings. The zero-order valence-electron chi connectivity index (χ0n) is 13.8. The Labute approximate surface area is 136 Å². The van der Waals surface area contributed by atoms with Gasteiger partial charge in [0.25, 0.3) is 0 Å². The van der Waals surface area contributed by atoms with Crippen LogP contribution in [0.4, 0.5) is 0 Å². The highest BCUT2D eigenvalue weighted by atomic mass is 16.2. The largest absolute Gasteiger partial charge is 0.343 e. The first kappa shape index (κ1) is 15.6. The molecule has 3 rings (SSSR count). The highest BCUT2D eigenvalue weighted by molar-refractivity contribution is 5.73. The Morgan fingerprint density at radius 1 is 1.39 bits per heavy atom. The number of piperidine rings is 1. The third-order valence-corrected chi connectivity index (χ3v) is 4.46. The van der Waals surface area contributed by atoms with Gasteiger partial charge in [0, 0.05) is 38.4 Å². The van der Waals surface area contributed by atoms with Gasteiger partial charge in [0.2, 0.25) is 5.91 Å². The van der Waals surface area contributed by atoms with E-state index in [0.29, 0.717) is 5.92 Å². The predicted octanol–water partition coefficient (Wildman–Crippen LogP) is 2.16. The molecule has 0 aromatic carbocycles. The maximum absolute atomic E-state index is 11.6. The summed E-state index contributed by atoms with van der Waals surface area (Å²) < 4.78 is 1.93. The molecule has 0 aliphatic carbocycles. The van der Waals surface area contributed by atoms with Crippen LogP contribution in [0.1, 0.15) is 32.4 Å². The molecule has 1 aliphatic heterocycles. The second-order valence-corrected chi connectivity index (χ2v) is 6.10. The molecule has 2 aromatic heterocycles. The summed E-state index contributed by atoms with van der Waals surface area (Å²) in [4.78, 5) is 22.3. The van der Waals surface area contributed by atoms with E-state index in [9.17, 15) is 4.79 Å². The Morgan fingerprint density at radius 2 is 2.26 bits per heavy atom. The van der Waals surface area contributed by atoms with E-state index in [0.717, 1.165) is 56.0 Å². The number of aromatic nitrogens is 4. The third kappa shape index (κ3) is 3.57. The fraction of sp³-hybridized carbons (Fsp3) is 0.529. The van der Waals surface area contributed by atoms with Crippen molar-refractivity contribution in [1.82, 2.24) is 24.6 Å². The topological polar surface area (TPSA) is 63.9 Å². The van der Waals surface area contributed by atoms with Crippen LogP contribution < -0.4 is 0 Å². The van der Waals surface area contributed by atoms with Crippen molar-refractivity contribution in [3.63, 3.8) is 0 Å². The van der Waals surface area contributed by atoms with E-state index < -0.39 is 0 Å². The van der Waals surface area contributed by atoms with Gasteiger partial charge in [-0.2, -0.15) is 5.10 Å². The summed E-state index contributed by atoms with van der Waals surface area (Å²) in [5, 5.41) is 4.30. The lowest BCUT2D eigenvalue weighted by atomic mass is 9.93. The third-order valence-electron chi connectivity index (χ3n) is 4.46. The highest BCUT2D eigenvalue weighted by Crippen LogP contribution is 2.22. The van der Waals surface area contributed by atoms with Crippen LogP contribution in [0, 0.1) is 5.92 Å². The first-order chi connectivity index (χ1) is 11.2. The van der Waals surface area contributed by atoms with Gasteiger partial charge in [0.05, 0.1) is 11.4 Å². The smallest absolute Gasteiger partial charge is 0.219 e. The first-order valence-corrected chi connectivity index (χ1v) is 8.26. The molecule has 0 N–H and O–H groups in total. The molecule has 3 heterocycles. The summed E-state index contributed by atoms with van der Waals surface area (Å²) >= 11 is 0. The molecule has 2 aromatic rings. The summed E-state index contributed by atoms with van der Waals surface area (Å²) in [6.07, 6.45) is 6.54. The van der Waals surface area contributed by atoms with Crippen molar-refractivity contribution in [2.24, 2.45) is 5.92 Å². The minimum atomic E-state index is 0.171. The molecule has 1 fully saturated rings. The van der Waals surface area contributed by atoms with Crippen molar-refractivity contribution in [2.45, 2.75) is 39.7 Å². The average molecular weight is 313 g/mol. The molecule has 23 heavy (non-hydrogen) atoms. The minimum absolute atomic E-state index is 0.171. The standard InChI is InChI=1S/C17H23N5O/c1-3-22-17(6-7-20-22)16-10-15(18-12-19-16)9-14-5-4-8-21(11-14)13(2)23/h6-7,10,12,14H,3-5,8-9,11H2,1-2H3/t14-/m0/s1. The summed E-state index contributed by atoms with van der Waals surface area (Å²) in [5.41, 5.74) is 2.97. The fourth-order valence-corrected chi connectivity index (χ4v) is 3.26. The van der Waals surface area contributed by atoms with E-state index in [-0.39, 0.29) is 5.91 Å². The van der Waals surface area contributed by atoms with Crippen molar-refractivity contribution in [1.29, 1.82) is 0 Å². The Hall–Kier alpha value is -2.24. The molecular formula is C17H23N5O. The van der Waals surface area contributed by atoms with Crippen LogP contribution in [0.2, 0.25) is 0 Å². The molecule has 1 amide bonds. The number of nitrogens with zero attached hydrogens (tertiary/aromatic N) is 5. The molecule has 6 heteroatoms. The molecule has 1 atom stereocenters. The number of amides is 1. The number of rotatable bonds is 4. The molecule has 0 unspecified atom stereocenters. The van der Waals surface area contributed by atoms with Crippen molar-refractivity contribution in [3.05, 3.63) is 30.4 Å². The van der Waals surface area contributed by atoms with Crippen LogP contribution in [-0.2, 0) is 17.8 Å². The number of aryl methyl sites for hydroxylation is 1. The monoisotopic (exact) mass is 313 g/mol. The molecule has 0 bridgehead atoms. The van der Waals surface area contributed by atoms with E-state index in [4.69, 9.17) is 0 Å². The van der Waals surface area contributed by atoms with Crippen LogP contribution in [0.3, 0.4) is 0 Å². The predicted molar refractivity (Wildman–Crippen MR) is 87.6 cm³/mol. The van der Waals surface area contributed by atoms with Crippen LogP contribution in [-0.4, -0.2) is 43.6 Å². The number of carbonyl (C=O) groups is 1. The number of carbonyl (C=O) groups excluding carboxylic acids is 1. The molecule has 0 radical (unpaired) electrons. The Kier molecular flexibility index (Phi) is 4.69. The van der Waals surface area contributed by atoms with Gasteiger partial charge in [-0.3, -0.25) is 9.48 Å². The van der Waals surface area contributed by atoms with Crippen LogP contribution in [0.25, 0.3) is 11.4 Å². The summed E-state index contributed by atoms with van der Waals surface area (Å²) in [6, 6.07) is 4.03. The molecule has 1 saturated heterocycles. The van der Waals surface area contributed by atoms with Crippen LogP contribution in [0.5, 0.6) is 0 Å². The summed E-state index contributed by atoms with van der Waals surface area (Å²) in [6.45, 7) is 6.25. The van der Waals surface area contributed by atoms with Crippen LogP contribution >= 0.6 is 0 Å². The molecular weight excluding hydrogens is 290 g/mol. The maximum Gasteiger partial charge on any atom is 0.219 e. The Morgan fingerprint density at radius 3 is 3.04 bits per heavy atom. The van der Waals surface area contributed by atoms with E-state index >= 15 is 0 Å². The van der Waals surface area contributed by atoms with Gasteiger partial charge in [-0.1, -0.05) is 0 Å². The van der Waals surface area contributed by atoms with E-state index in [1.54, 1.807) is 19.4 Å². The lowest BCUT2D eigenvalue weighted by Gasteiger charge is -2.31. The maximum atomic E-state index is 11.6. The first-order valence-electron chi connectivity index (χ1n) is 8.26. The van der Waals surface area contributed by atoms with Gasteiger partial charge in [0.1, 0.15) is 6.33 Å². The molecule has 6 nitrogen and oxygen atoms in total. The van der Waals surface area contributed by atoms with Gasteiger partial charge in [-0.05, 0) is 44.2 Å². The second-order valence-electron chi connectivity index (χ2n) is 6.10. The molecule has 0 saturated carbocycles. The number of hydrogen-bond acceptors (Lipinski definition) is 4. The average Bonchev–Trinajstić information content (AvgIpc) is 3.04. The lowest BCUT2D eigenvalue weighted by Crippen LogP contribution is -2.39. The second kappa shape index (κ2) is 6.89. The van der Waals surface area contributed by atoms with Gasteiger partial charge in [0.15, 0.2) is 0 Å². The van der Waals surface area contributed by atoms with E-state index in [2.05, 4.69) is 28.1 Å². The highest BCUT2D eigenvalue weighted by Gasteiger charge is 2.22. The zero-order valence-corrected chi connectivity index (χ0v) is 13.8. The number of hydrogen-bond donors (Lipinski definition) is 0. The van der Waals surface area contributed by atoms with Gasteiger partial charge < -0.3 is 4.90 Å². The summed E-state index contributed by atoms with van der Waals surface area (Å²) in [5.74, 6) is 0.649. The van der Waals surface area contributed by atoms with Crippen molar-refractivity contribution >= 4 is 5.91 Å². The normalized spacial score (nSPS) is 18.2. The summed E-state index contributed by atoms with van der Waals surface area (Å²) in [7, 11) is 0.